The minimum Gasteiger partial charge on any atom is -0.496 e. The number of carboxylic acid groups (broad SMARTS) is 1. The smallest absolute Gasteiger partial charge is 0.308 e. The lowest BCUT2D eigenvalue weighted by atomic mass is 9.97. The van der Waals surface area contributed by atoms with Gasteiger partial charge in [0.05, 0.1) is 19.6 Å². The summed E-state index contributed by atoms with van der Waals surface area (Å²) in [5.74, 6) is -1.21. The zero-order chi connectivity index (χ0) is 23.5. The van der Waals surface area contributed by atoms with Crippen molar-refractivity contribution >= 4 is 23.6 Å². The summed E-state index contributed by atoms with van der Waals surface area (Å²) < 4.78 is 10.4. The fourth-order valence-electron chi connectivity index (χ4n) is 2.75. The van der Waals surface area contributed by atoms with Gasteiger partial charge in [-0.1, -0.05) is 43.3 Å². The second-order valence-electron chi connectivity index (χ2n) is 6.82. The summed E-state index contributed by atoms with van der Waals surface area (Å²) in [7, 11) is 1.54. The van der Waals surface area contributed by atoms with Crippen LogP contribution in [0.1, 0.15) is 35.7 Å². The molecule has 3 N–H and O–H groups in total. The molecule has 0 saturated carbocycles. The van der Waals surface area contributed by atoms with E-state index in [-0.39, 0.29) is 31.1 Å². The molecule has 0 spiro atoms. The number of ether oxygens (including phenoxy) is 2. The molecule has 2 unspecified atom stereocenters. The number of ketones is 1. The standard InChI is InChI=1S/C20H20N2O5.C3H6O2/c1-26-16-10-6-5-9-14(16)12-27-17(23)11-15-18(24)19(21-15)22-20(25)13-7-3-2-4-8-13;1-2-3(4)5/h2-10,15,19,21H,11-12H2,1H3,(H,22,25);2H2,1H3,(H,4,5). The average Bonchev–Trinajstić information content (AvgIpc) is 2.82. The van der Waals surface area contributed by atoms with Crippen molar-refractivity contribution in [2.24, 2.45) is 0 Å². The molecule has 9 heteroatoms. The molecule has 0 bridgehead atoms. The summed E-state index contributed by atoms with van der Waals surface area (Å²) in [5.41, 5.74) is 1.21. The van der Waals surface area contributed by atoms with Crippen molar-refractivity contribution in [3.05, 3.63) is 65.7 Å². The SMILES string of the molecule is CCC(=O)O.COc1ccccc1COC(=O)CC1NC(NC(=O)c2ccccc2)C1=O. The number of hydrogen-bond donors (Lipinski definition) is 3. The first-order chi connectivity index (χ1) is 15.3. The van der Waals surface area contributed by atoms with Crippen LogP contribution in [0, 0.1) is 0 Å². The third-order valence-electron chi connectivity index (χ3n) is 4.56. The van der Waals surface area contributed by atoms with Gasteiger partial charge < -0.3 is 19.9 Å². The highest BCUT2D eigenvalue weighted by molar-refractivity contribution is 6.02. The molecule has 1 amide bonds. The van der Waals surface area contributed by atoms with E-state index in [9.17, 15) is 19.2 Å². The number of amides is 1. The van der Waals surface area contributed by atoms with E-state index in [2.05, 4.69) is 10.6 Å². The van der Waals surface area contributed by atoms with Gasteiger partial charge in [0.2, 0.25) is 0 Å². The van der Waals surface area contributed by atoms with Gasteiger partial charge in [0.25, 0.3) is 5.91 Å². The van der Waals surface area contributed by atoms with Gasteiger partial charge in [-0.05, 0) is 18.2 Å². The highest BCUT2D eigenvalue weighted by atomic mass is 16.5. The molecule has 1 heterocycles. The number of carboxylic acids is 1. The van der Waals surface area contributed by atoms with Gasteiger partial charge in [-0.3, -0.25) is 24.5 Å². The molecule has 1 fully saturated rings. The van der Waals surface area contributed by atoms with Crippen molar-refractivity contribution in [1.82, 2.24) is 10.6 Å². The Kier molecular flexibility index (Phi) is 9.37. The van der Waals surface area contributed by atoms with Gasteiger partial charge in [0.15, 0.2) is 5.78 Å². The number of hydrogen-bond acceptors (Lipinski definition) is 7. The van der Waals surface area contributed by atoms with E-state index in [1.807, 2.05) is 12.1 Å². The van der Waals surface area contributed by atoms with E-state index in [4.69, 9.17) is 14.6 Å². The number of nitrogens with one attached hydrogen (secondary N) is 2. The van der Waals surface area contributed by atoms with Crippen molar-refractivity contribution in [3.8, 4) is 5.75 Å². The van der Waals surface area contributed by atoms with Crippen molar-refractivity contribution in [2.75, 3.05) is 7.11 Å². The maximum Gasteiger partial charge on any atom is 0.308 e. The van der Waals surface area contributed by atoms with Gasteiger partial charge in [-0.25, -0.2) is 0 Å². The predicted molar refractivity (Wildman–Crippen MR) is 115 cm³/mol. The first-order valence-electron chi connectivity index (χ1n) is 10.0. The van der Waals surface area contributed by atoms with Gasteiger partial charge >= 0.3 is 11.9 Å². The number of Topliss-reactive ketones (excluding diaryl/α,β-unsaturated/α-hetero) is 1. The van der Waals surface area contributed by atoms with Crippen LogP contribution >= 0.6 is 0 Å². The van der Waals surface area contributed by atoms with Crippen LogP contribution in [0.4, 0.5) is 0 Å². The van der Waals surface area contributed by atoms with E-state index < -0.39 is 24.1 Å². The zero-order valence-electron chi connectivity index (χ0n) is 17.9. The topological polar surface area (TPSA) is 131 Å². The minimum atomic E-state index is -0.787. The number of para-hydroxylation sites is 1. The fraction of sp³-hybridized carbons (Fsp3) is 0.304. The second kappa shape index (κ2) is 12.2. The number of rotatable bonds is 8. The Hall–Kier alpha value is -3.72. The van der Waals surface area contributed by atoms with Crippen LogP contribution in [0.15, 0.2) is 54.6 Å². The summed E-state index contributed by atoms with van der Waals surface area (Å²) in [6.07, 6.45) is -0.657. The second-order valence-corrected chi connectivity index (χ2v) is 6.82. The molecule has 0 aromatic heterocycles. The molecular formula is C23H26N2O7. The molecule has 1 saturated heterocycles. The molecule has 9 nitrogen and oxygen atoms in total. The van der Waals surface area contributed by atoms with Gasteiger partial charge in [0, 0.05) is 17.5 Å². The number of esters is 1. The maximum atomic E-state index is 12.1. The largest absolute Gasteiger partial charge is 0.496 e. The molecule has 0 aliphatic carbocycles. The Labute approximate surface area is 185 Å². The van der Waals surface area contributed by atoms with Crippen LogP contribution in [0.5, 0.6) is 5.75 Å². The van der Waals surface area contributed by atoms with E-state index in [0.29, 0.717) is 11.3 Å². The molecule has 1 aliphatic rings. The van der Waals surface area contributed by atoms with Gasteiger partial charge in [0.1, 0.15) is 18.5 Å². The molecule has 2 aromatic rings. The lowest BCUT2D eigenvalue weighted by molar-refractivity contribution is -0.149. The molecule has 3 rings (SSSR count). The lowest BCUT2D eigenvalue weighted by Gasteiger charge is -2.35. The van der Waals surface area contributed by atoms with Crippen molar-refractivity contribution in [3.63, 3.8) is 0 Å². The Morgan fingerprint density at radius 1 is 1.06 bits per heavy atom. The van der Waals surface area contributed by atoms with E-state index in [1.165, 1.54) is 0 Å². The normalized spacial score (nSPS) is 16.6. The van der Waals surface area contributed by atoms with Crippen LogP contribution in [-0.4, -0.2) is 48.1 Å². The summed E-state index contributed by atoms with van der Waals surface area (Å²) in [4.78, 5) is 45.5. The summed E-state index contributed by atoms with van der Waals surface area (Å²) in [6.45, 7) is 1.67. The molecule has 2 atom stereocenters. The van der Waals surface area contributed by atoms with Crippen molar-refractivity contribution in [1.29, 1.82) is 0 Å². The Bertz CT molecular complexity index is 946. The zero-order valence-corrected chi connectivity index (χ0v) is 17.9. The van der Waals surface area contributed by atoms with Gasteiger partial charge in [-0.15, -0.1) is 0 Å². The van der Waals surface area contributed by atoms with Crippen LogP contribution in [0.2, 0.25) is 0 Å². The average molecular weight is 442 g/mol. The van der Waals surface area contributed by atoms with Gasteiger partial charge in [-0.2, -0.15) is 0 Å². The Morgan fingerprint density at radius 2 is 1.69 bits per heavy atom. The highest BCUT2D eigenvalue weighted by Gasteiger charge is 2.41. The number of methoxy groups -OCH3 is 1. The number of carbonyl (C=O) groups excluding carboxylic acids is 3. The molecule has 2 aromatic carbocycles. The monoisotopic (exact) mass is 442 g/mol. The van der Waals surface area contributed by atoms with E-state index in [1.54, 1.807) is 56.5 Å². The molecule has 32 heavy (non-hydrogen) atoms. The maximum absolute atomic E-state index is 12.1. The first kappa shape index (κ1) is 24.5. The molecule has 1 aliphatic heterocycles. The summed E-state index contributed by atoms with van der Waals surface area (Å²) in [6, 6.07) is 15.2. The fourth-order valence-corrected chi connectivity index (χ4v) is 2.75. The lowest BCUT2D eigenvalue weighted by Crippen LogP contribution is -2.69. The first-order valence-corrected chi connectivity index (χ1v) is 10.0. The van der Waals surface area contributed by atoms with Crippen LogP contribution < -0.4 is 15.4 Å². The Balaban J connectivity index is 0.000000654. The van der Waals surface area contributed by atoms with Crippen molar-refractivity contribution in [2.45, 2.75) is 38.6 Å². The minimum absolute atomic E-state index is 0.0674. The van der Waals surface area contributed by atoms with Crippen molar-refractivity contribution < 1.29 is 33.8 Å². The molecular weight excluding hydrogens is 416 g/mol. The third-order valence-corrected chi connectivity index (χ3v) is 4.56. The van der Waals surface area contributed by atoms with Crippen LogP contribution in [0.25, 0.3) is 0 Å². The molecule has 0 radical (unpaired) electrons. The quantitative estimate of drug-likeness (QED) is 0.529. The van der Waals surface area contributed by atoms with E-state index >= 15 is 0 Å². The highest BCUT2D eigenvalue weighted by Crippen LogP contribution is 2.19. The number of aliphatic carboxylic acids is 1. The summed E-state index contributed by atoms with van der Waals surface area (Å²) >= 11 is 0. The van der Waals surface area contributed by atoms with Crippen LogP contribution in [-0.2, 0) is 25.7 Å². The summed E-state index contributed by atoms with van der Waals surface area (Å²) in [5, 5.41) is 13.2. The number of benzene rings is 2. The van der Waals surface area contributed by atoms with Crippen LogP contribution in [0.3, 0.4) is 0 Å². The van der Waals surface area contributed by atoms with E-state index in [0.717, 1.165) is 5.56 Å². The Morgan fingerprint density at radius 3 is 2.28 bits per heavy atom. The molecule has 170 valence electrons. The predicted octanol–water partition coefficient (Wildman–Crippen LogP) is 1.91. The third kappa shape index (κ3) is 7.21. The number of carbonyl (C=O) groups is 4.